The Morgan fingerprint density at radius 2 is 1.52 bits per heavy atom. The average molecular weight is 423 g/mol. The van der Waals surface area contributed by atoms with Crippen molar-refractivity contribution in [2.45, 2.75) is 63.2 Å². The van der Waals surface area contributed by atoms with Gasteiger partial charge in [0, 0.05) is 20.8 Å². The smallest absolute Gasteiger partial charge is 0.303 e. The lowest BCUT2D eigenvalue weighted by Crippen LogP contribution is -2.62. The summed E-state index contributed by atoms with van der Waals surface area (Å²) in [6.45, 7) is 9.20. The molecule has 0 saturated carbocycles. The van der Waals surface area contributed by atoms with E-state index in [0.717, 1.165) is 0 Å². The van der Waals surface area contributed by atoms with Crippen molar-refractivity contribution in [2.75, 3.05) is 6.61 Å². The molecule has 0 radical (unpaired) electrons. The van der Waals surface area contributed by atoms with E-state index in [9.17, 15) is 14.4 Å². The lowest BCUT2D eigenvalue weighted by Gasteiger charge is -2.44. The lowest BCUT2D eigenvalue weighted by atomic mass is 9.96. The molecule has 0 amide bonds. The van der Waals surface area contributed by atoms with E-state index in [-0.39, 0.29) is 6.61 Å². The first-order valence-corrected chi connectivity index (χ1v) is 8.62. The van der Waals surface area contributed by atoms with Crippen LogP contribution in [0.4, 0.5) is 0 Å². The highest BCUT2D eigenvalue weighted by Crippen LogP contribution is 2.33. The van der Waals surface area contributed by atoms with E-state index in [2.05, 4.69) is 22.5 Å². The summed E-state index contributed by atoms with van der Waals surface area (Å²) < 4.78 is 27.2. The third kappa shape index (κ3) is 6.41. The van der Waals surface area contributed by atoms with Crippen LogP contribution < -0.4 is 0 Å². The third-order valence-electron chi connectivity index (χ3n) is 3.36. The van der Waals surface area contributed by atoms with Crippen LogP contribution in [0.2, 0.25) is 0 Å². The number of rotatable bonds is 7. The summed E-state index contributed by atoms with van der Waals surface area (Å²) in [7, 11) is 0. The highest BCUT2D eigenvalue weighted by Gasteiger charge is 2.52. The van der Waals surface area contributed by atoms with E-state index in [0.29, 0.717) is 0 Å². The molecule has 9 heteroatoms. The molecule has 0 aliphatic carbocycles. The zero-order valence-electron chi connectivity index (χ0n) is 14.6. The number of hydrogen-bond acceptors (Lipinski definition) is 8. The van der Waals surface area contributed by atoms with Crippen LogP contribution in [0.1, 0.15) is 27.7 Å². The van der Waals surface area contributed by atoms with Gasteiger partial charge in [0.15, 0.2) is 23.3 Å². The number of esters is 3. The zero-order valence-corrected chi connectivity index (χ0v) is 16.2. The van der Waals surface area contributed by atoms with Crippen LogP contribution in [0.15, 0.2) is 12.7 Å². The van der Waals surface area contributed by atoms with Gasteiger partial charge in [0.05, 0.1) is 12.7 Å². The maximum atomic E-state index is 11.5. The van der Waals surface area contributed by atoms with Crippen LogP contribution in [-0.2, 0) is 38.1 Å². The van der Waals surface area contributed by atoms with Crippen LogP contribution in [0, 0.1) is 0 Å². The number of carbonyl (C=O) groups is 3. The van der Waals surface area contributed by atoms with E-state index >= 15 is 0 Å². The summed E-state index contributed by atoms with van der Waals surface area (Å²) in [6, 6.07) is 0. The number of halogens is 1. The van der Waals surface area contributed by atoms with Gasteiger partial charge in [-0.05, 0) is 6.92 Å². The fourth-order valence-electron chi connectivity index (χ4n) is 2.48. The third-order valence-corrected chi connectivity index (χ3v) is 4.10. The molecule has 0 bridgehead atoms. The van der Waals surface area contributed by atoms with Gasteiger partial charge in [-0.1, -0.05) is 22.0 Å². The average Bonchev–Trinajstić information content (AvgIpc) is 2.49. The normalized spacial score (nSPS) is 30.0. The molecule has 8 nitrogen and oxygen atoms in total. The minimum absolute atomic E-state index is 0.256. The minimum Gasteiger partial charge on any atom is -0.456 e. The molecule has 0 aromatic carbocycles. The van der Waals surface area contributed by atoms with Crippen LogP contribution in [0.25, 0.3) is 0 Å². The van der Waals surface area contributed by atoms with Gasteiger partial charge >= 0.3 is 17.9 Å². The molecular weight excluding hydrogens is 400 g/mol. The van der Waals surface area contributed by atoms with Gasteiger partial charge in [-0.2, -0.15) is 0 Å². The van der Waals surface area contributed by atoms with Gasteiger partial charge < -0.3 is 23.7 Å². The molecule has 0 unspecified atom stereocenters. The molecule has 0 aromatic heterocycles. The molecule has 0 N–H and O–H groups in total. The van der Waals surface area contributed by atoms with E-state index in [4.69, 9.17) is 23.7 Å². The Balaban J connectivity index is 3.17. The predicted octanol–water partition coefficient (Wildman–Crippen LogP) is 1.49. The minimum atomic E-state index is -1.05. The quantitative estimate of drug-likeness (QED) is 0.263. The summed E-state index contributed by atoms with van der Waals surface area (Å²) in [5.41, 5.74) is 0. The Labute approximate surface area is 154 Å². The molecule has 0 aromatic rings. The monoisotopic (exact) mass is 422 g/mol. The molecule has 1 rings (SSSR count). The predicted molar refractivity (Wildman–Crippen MR) is 89.9 cm³/mol. The van der Waals surface area contributed by atoms with Crippen molar-refractivity contribution in [1.82, 2.24) is 0 Å². The van der Waals surface area contributed by atoms with Crippen LogP contribution in [0.5, 0.6) is 0 Å². The molecule has 25 heavy (non-hydrogen) atoms. The van der Waals surface area contributed by atoms with Crippen molar-refractivity contribution in [3.8, 4) is 0 Å². The lowest BCUT2D eigenvalue weighted by molar-refractivity contribution is -0.245. The molecule has 1 saturated heterocycles. The van der Waals surface area contributed by atoms with Crippen molar-refractivity contribution in [1.29, 1.82) is 0 Å². The first-order chi connectivity index (χ1) is 11.7. The summed E-state index contributed by atoms with van der Waals surface area (Å²) >= 11 is 3.28. The maximum absolute atomic E-state index is 11.5. The molecule has 1 aliphatic heterocycles. The van der Waals surface area contributed by atoms with Gasteiger partial charge in [0.2, 0.25) is 0 Å². The first kappa shape index (κ1) is 21.6. The summed E-state index contributed by atoms with van der Waals surface area (Å²) in [5.74, 6) is -1.80. The first-order valence-electron chi connectivity index (χ1n) is 7.71. The van der Waals surface area contributed by atoms with Crippen LogP contribution >= 0.6 is 15.9 Å². The van der Waals surface area contributed by atoms with Crippen molar-refractivity contribution in [3.63, 3.8) is 0 Å². The van der Waals surface area contributed by atoms with Crippen molar-refractivity contribution in [2.24, 2.45) is 0 Å². The Morgan fingerprint density at radius 1 is 1.04 bits per heavy atom. The second-order valence-corrected chi connectivity index (χ2v) is 6.40. The second kappa shape index (κ2) is 9.88. The van der Waals surface area contributed by atoms with Gasteiger partial charge in [0.1, 0.15) is 6.10 Å². The molecule has 6 atom stereocenters. The number of hydrogen-bond donors (Lipinski definition) is 0. The summed E-state index contributed by atoms with van der Waals surface area (Å²) in [4.78, 5) is 34.5. The molecule has 1 heterocycles. The standard InChI is InChI=1S/C16H23BrO8/c1-6-7-21-8(2)12-13(22-9(3)18)14(23-10(4)19)15(16(17)25-12)24-11(5)20/h6,8,12-16H,1,7H2,2-5H3/t8-,12-,13+,14+,15-,16+/m1/s1. The maximum Gasteiger partial charge on any atom is 0.303 e. The second-order valence-electron chi connectivity index (χ2n) is 5.50. The number of ether oxygens (including phenoxy) is 5. The topological polar surface area (TPSA) is 97.4 Å². The molecule has 1 aliphatic rings. The van der Waals surface area contributed by atoms with Gasteiger partial charge in [-0.25, -0.2) is 0 Å². The van der Waals surface area contributed by atoms with Gasteiger partial charge in [-0.3, -0.25) is 14.4 Å². The van der Waals surface area contributed by atoms with Crippen molar-refractivity contribution < 1.29 is 38.1 Å². The van der Waals surface area contributed by atoms with Crippen LogP contribution in [-0.4, -0.2) is 60.0 Å². The fourth-order valence-corrected chi connectivity index (χ4v) is 3.14. The zero-order chi connectivity index (χ0) is 19.1. The number of carbonyl (C=O) groups excluding carboxylic acids is 3. The fraction of sp³-hybridized carbons (Fsp3) is 0.688. The van der Waals surface area contributed by atoms with Crippen molar-refractivity contribution in [3.05, 3.63) is 12.7 Å². The van der Waals surface area contributed by atoms with Gasteiger partial charge in [0.25, 0.3) is 0 Å². The Kier molecular flexibility index (Phi) is 8.54. The Morgan fingerprint density at radius 3 is 2.00 bits per heavy atom. The largest absolute Gasteiger partial charge is 0.456 e. The van der Waals surface area contributed by atoms with Crippen molar-refractivity contribution >= 4 is 33.8 Å². The number of alkyl halides is 1. The summed E-state index contributed by atoms with van der Waals surface area (Å²) in [6.07, 6.45) is -2.77. The van der Waals surface area contributed by atoms with Crippen LogP contribution in [0.3, 0.4) is 0 Å². The SMILES string of the molecule is C=CCO[C@H](C)[C@H]1O[C@H](Br)[C@H](OC(C)=O)[C@@H](OC(C)=O)[C@H]1OC(C)=O. The van der Waals surface area contributed by atoms with E-state index in [1.54, 1.807) is 13.0 Å². The van der Waals surface area contributed by atoms with E-state index < -0.39 is 53.4 Å². The van der Waals surface area contributed by atoms with Gasteiger partial charge in [-0.15, -0.1) is 6.58 Å². The molecule has 142 valence electrons. The Bertz CT molecular complexity index is 508. The highest BCUT2D eigenvalue weighted by atomic mass is 79.9. The molecule has 1 fully saturated rings. The molecular formula is C16H23BrO8. The highest BCUT2D eigenvalue weighted by molar-refractivity contribution is 9.09. The Hall–Kier alpha value is -1.45. The van der Waals surface area contributed by atoms with E-state index in [1.165, 1.54) is 20.8 Å². The van der Waals surface area contributed by atoms with E-state index in [1.807, 2.05) is 0 Å². The summed E-state index contributed by atoms with van der Waals surface area (Å²) in [5, 5.41) is -0.785. The molecule has 0 spiro atoms.